The van der Waals surface area contributed by atoms with Crippen LogP contribution in [0.1, 0.15) is 22.3 Å². The average Bonchev–Trinajstić information content (AvgIpc) is 2.91. The predicted molar refractivity (Wildman–Crippen MR) is 109 cm³/mol. The molecule has 2 aromatic rings. The molecule has 0 radical (unpaired) electrons. The third-order valence-corrected chi connectivity index (χ3v) is 4.96. The lowest BCUT2D eigenvalue weighted by atomic mass is 9.97. The molecular weight excluding hydrogens is 352 g/mol. The Hall–Kier alpha value is -2.92. The van der Waals surface area contributed by atoms with Gasteiger partial charge < -0.3 is 9.64 Å². The summed E-state index contributed by atoms with van der Waals surface area (Å²) in [5.74, 6) is -0.528. The molecule has 2 aromatic carbocycles. The standard InChI is InChI=1S/C23H26N2O3/c1-16-10-11-19(17(2)14-16)20-21(23(27)25(22(20)26)12-13-28-4)24(3)15-18-8-6-5-7-9-18/h5-11,14H,12-13,15H2,1-4H3. The topological polar surface area (TPSA) is 49.9 Å². The highest BCUT2D eigenvalue weighted by Crippen LogP contribution is 2.33. The van der Waals surface area contributed by atoms with Gasteiger partial charge in [-0.25, -0.2) is 0 Å². The summed E-state index contributed by atoms with van der Waals surface area (Å²) in [6.45, 7) is 5.08. The normalized spacial score (nSPS) is 14.2. The molecule has 0 spiro atoms. The average molecular weight is 378 g/mol. The smallest absolute Gasteiger partial charge is 0.277 e. The number of imide groups is 1. The van der Waals surface area contributed by atoms with Crippen LogP contribution >= 0.6 is 0 Å². The first kappa shape index (κ1) is 19.8. The Bertz CT molecular complexity index is 919. The fraction of sp³-hybridized carbons (Fsp3) is 0.304. The van der Waals surface area contributed by atoms with E-state index in [1.165, 1.54) is 4.90 Å². The Balaban J connectivity index is 2.06. The van der Waals surface area contributed by atoms with E-state index >= 15 is 0 Å². The van der Waals surface area contributed by atoms with Crippen molar-refractivity contribution in [3.05, 3.63) is 76.5 Å². The summed E-state index contributed by atoms with van der Waals surface area (Å²) in [4.78, 5) is 29.5. The van der Waals surface area contributed by atoms with E-state index in [1.54, 1.807) is 7.11 Å². The maximum atomic E-state index is 13.2. The van der Waals surface area contributed by atoms with Gasteiger partial charge in [0.1, 0.15) is 5.70 Å². The van der Waals surface area contributed by atoms with Crippen LogP contribution in [-0.4, -0.2) is 48.9 Å². The molecule has 3 rings (SSSR count). The summed E-state index contributed by atoms with van der Waals surface area (Å²) in [6.07, 6.45) is 0. The lowest BCUT2D eigenvalue weighted by Crippen LogP contribution is -2.36. The van der Waals surface area contributed by atoms with E-state index in [9.17, 15) is 9.59 Å². The van der Waals surface area contributed by atoms with Gasteiger partial charge in [0.25, 0.3) is 11.8 Å². The number of amides is 2. The van der Waals surface area contributed by atoms with Crippen LogP contribution in [0.15, 0.2) is 54.2 Å². The maximum Gasteiger partial charge on any atom is 0.277 e. The zero-order valence-corrected chi connectivity index (χ0v) is 16.9. The van der Waals surface area contributed by atoms with Gasteiger partial charge in [0.05, 0.1) is 18.7 Å². The van der Waals surface area contributed by atoms with Gasteiger partial charge >= 0.3 is 0 Å². The first-order valence-electron chi connectivity index (χ1n) is 9.36. The molecule has 28 heavy (non-hydrogen) atoms. The number of benzene rings is 2. The number of hydrogen-bond donors (Lipinski definition) is 0. The number of hydrogen-bond acceptors (Lipinski definition) is 4. The number of carbonyl (C=O) groups is 2. The van der Waals surface area contributed by atoms with Crippen molar-refractivity contribution in [3.63, 3.8) is 0 Å². The van der Waals surface area contributed by atoms with Gasteiger partial charge in [-0.3, -0.25) is 14.5 Å². The van der Waals surface area contributed by atoms with Crippen LogP contribution in [0.25, 0.3) is 5.57 Å². The van der Waals surface area contributed by atoms with Crippen molar-refractivity contribution >= 4 is 17.4 Å². The van der Waals surface area contributed by atoms with E-state index in [0.717, 1.165) is 22.3 Å². The second-order valence-electron chi connectivity index (χ2n) is 7.14. The summed E-state index contributed by atoms with van der Waals surface area (Å²) < 4.78 is 5.09. The van der Waals surface area contributed by atoms with Gasteiger partial charge in [0.2, 0.25) is 0 Å². The first-order chi connectivity index (χ1) is 13.4. The molecule has 2 amide bonds. The second-order valence-corrected chi connectivity index (χ2v) is 7.14. The molecule has 0 atom stereocenters. The van der Waals surface area contributed by atoms with Crippen molar-refractivity contribution in [2.45, 2.75) is 20.4 Å². The van der Waals surface area contributed by atoms with Crippen LogP contribution in [0.2, 0.25) is 0 Å². The minimum absolute atomic E-state index is 0.241. The van der Waals surface area contributed by atoms with Crippen LogP contribution in [-0.2, 0) is 20.9 Å². The molecule has 146 valence electrons. The fourth-order valence-corrected chi connectivity index (χ4v) is 3.58. The van der Waals surface area contributed by atoms with Gasteiger partial charge in [-0.15, -0.1) is 0 Å². The predicted octanol–water partition coefficient (Wildman–Crippen LogP) is 3.16. The molecule has 0 aliphatic carbocycles. The van der Waals surface area contributed by atoms with E-state index in [0.29, 0.717) is 24.4 Å². The highest BCUT2D eigenvalue weighted by molar-refractivity contribution is 6.35. The van der Waals surface area contributed by atoms with Crippen molar-refractivity contribution in [2.75, 3.05) is 27.3 Å². The number of aryl methyl sites for hydroxylation is 2. The summed E-state index contributed by atoms with van der Waals surface area (Å²) >= 11 is 0. The minimum Gasteiger partial charge on any atom is -0.383 e. The van der Waals surface area contributed by atoms with Crippen molar-refractivity contribution in [2.24, 2.45) is 0 Å². The van der Waals surface area contributed by atoms with Gasteiger partial charge in [0.15, 0.2) is 0 Å². The largest absolute Gasteiger partial charge is 0.383 e. The third kappa shape index (κ3) is 3.85. The molecule has 1 aliphatic heterocycles. The van der Waals surface area contributed by atoms with E-state index < -0.39 is 0 Å². The number of ether oxygens (including phenoxy) is 1. The number of likely N-dealkylation sites (N-methyl/N-ethyl adjacent to an activating group) is 1. The van der Waals surface area contributed by atoms with Crippen molar-refractivity contribution in [3.8, 4) is 0 Å². The molecular formula is C23H26N2O3. The van der Waals surface area contributed by atoms with E-state index in [4.69, 9.17) is 4.74 Å². The fourth-order valence-electron chi connectivity index (χ4n) is 3.58. The lowest BCUT2D eigenvalue weighted by molar-refractivity contribution is -0.138. The Kier molecular flexibility index (Phi) is 5.95. The molecule has 0 saturated heterocycles. The minimum atomic E-state index is -0.268. The van der Waals surface area contributed by atoms with Crippen molar-refractivity contribution in [1.82, 2.24) is 9.80 Å². The molecule has 0 bridgehead atoms. The number of nitrogens with zero attached hydrogens (tertiary/aromatic N) is 2. The lowest BCUT2D eigenvalue weighted by Gasteiger charge is -2.21. The third-order valence-electron chi connectivity index (χ3n) is 4.96. The molecule has 0 aromatic heterocycles. The maximum absolute atomic E-state index is 13.2. The summed E-state index contributed by atoms with van der Waals surface area (Å²) in [5.41, 5.74) is 4.89. The quantitative estimate of drug-likeness (QED) is 0.695. The van der Waals surface area contributed by atoms with Crippen molar-refractivity contribution in [1.29, 1.82) is 0 Å². The first-order valence-corrected chi connectivity index (χ1v) is 9.36. The Morgan fingerprint density at radius 3 is 2.36 bits per heavy atom. The number of carbonyl (C=O) groups excluding carboxylic acids is 2. The van der Waals surface area contributed by atoms with E-state index in [-0.39, 0.29) is 18.4 Å². The monoisotopic (exact) mass is 378 g/mol. The number of methoxy groups -OCH3 is 1. The second kappa shape index (κ2) is 8.40. The Morgan fingerprint density at radius 2 is 1.71 bits per heavy atom. The van der Waals surface area contributed by atoms with Gasteiger partial charge in [-0.2, -0.15) is 0 Å². The molecule has 0 N–H and O–H groups in total. The molecule has 0 unspecified atom stereocenters. The Morgan fingerprint density at radius 1 is 1.00 bits per heavy atom. The zero-order chi connectivity index (χ0) is 20.3. The Labute approximate surface area is 166 Å². The molecule has 5 nitrogen and oxygen atoms in total. The molecule has 1 heterocycles. The molecule has 0 saturated carbocycles. The van der Waals surface area contributed by atoms with E-state index in [1.807, 2.05) is 74.3 Å². The highest BCUT2D eigenvalue weighted by Gasteiger charge is 2.40. The summed E-state index contributed by atoms with van der Waals surface area (Å²) in [5, 5.41) is 0. The molecule has 1 aliphatic rings. The van der Waals surface area contributed by atoms with Crippen LogP contribution in [0.3, 0.4) is 0 Å². The highest BCUT2D eigenvalue weighted by atomic mass is 16.5. The molecule has 5 heteroatoms. The van der Waals surface area contributed by atoms with Gasteiger partial charge in [-0.1, -0.05) is 54.1 Å². The van der Waals surface area contributed by atoms with Crippen LogP contribution in [0, 0.1) is 13.8 Å². The summed E-state index contributed by atoms with van der Waals surface area (Å²) in [7, 11) is 3.42. The number of rotatable bonds is 7. The van der Waals surface area contributed by atoms with Gasteiger partial charge in [0, 0.05) is 20.7 Å². The SMILES string of the molecule is COCCN1C(=O)C(c2ccc(C)cc2C)=C(N(C)Cc2ccccc2)C1=O. The summed E-state index contributed by atoms with van der Waals surface area (Å²) in [6, 6.07) is 15.9. The van der Waals surface area contributed by atoms with Crippen molar-refractivity contribution < 1.29 is 14.3 Å². The van der Waals surface area contributed by atoms with Crippen LogP contribution < -0.4 is 0 Å². The van der Waals surface area contributed by atoms with Crippen LogP contribution in [0.5, 0.6) is 0 Å². The molecule has 0 fully saturated rings. The van der Waals surface area contributed by atoms with Gasteiger partial charge in [-0.05, 0) is 30.5 Å². The zero-order valence-electron chi connectivity index (χ0n) is 16.9. The van der Waals surface area contributed by atoms with E-state index in [2.05, 4.69) is 0 Å². The van der Waals surface area contributed by atoms with Crippen LogP contribution in [0.4, 0.5) is 0 Å².